The number of nitrogens with one attached hydrogen (secondary N) is 2. The number of anilines is 1. The van der Waals surface area contributed by atoms with Crippen molar-refractivity contribution in [1.29, 1.82) is 0 Å². The molecule has 2 amide bonds. The molecule has 9 heteroatoms. The lowest BCUT2D eigenvalue weighted by Crippen LogP contribution is -2.41. The van der Waals surface area contributed by atoms with E-state index >= 15 is 0 Å². The second kappa shape index (κ2) is 7.79. The van der Waals surface area contributed by atoms with E-state index in [0.29, 0.717) is 18.8 Å². The fourth-order valence-corrected chi connectivity index (χ4v) is 3.78. The molecule has 3 rings (SSSR count). The molecule has 0 spiro atoms. The number of benzene rings is 1. The number of hydrogen-bond acceptors (Lipinski definition) is 5. The molecule has 138 valence electrons. The molecule has 1 atom stereocenters. The second-order valence-corrected chi connectivity index (χ2v) is 7.97. The Hall–Kier alpha value is -2.52. The Morgan fingerprint density at radius 3 is 2.88 bits per heavy atom. The lowest BCUT2D eigenvalue weighted by atomic mass is 9.95. The van der Waals surface area contributed by atoms with Crippen molar-refractivity contribution in [2.24, 2.45) is 0 Å². The number of likely N-dealkylation sites (tertiary alicyclic amines) is 1. The van der Waals surface area contributed by atoms with Crippen LogP contribution in [0.4, 0.5) is 10.5 Å². The molecule has 1 aromatic carbocycles. The van der Waals surface area contributed by atoms with Crippen molar-refractivity contribution < 1.29 is 13.2 Å². The molecular formula is C17H21N5O3S. The summed E-state index contributed by atoms with van der Waals surface area (Å²) in [7, 11) is -2.21. The molecule has 1 aliphatic rings. The number of nitrogens with zero attached hydrogens (tertiary/aromatic N) is 3. The molecule has 1 fully saturated rings. The van der Waals surface area contributed by atoms with E-state index < -0.39 is 10.0 Å². The van der Waals surface area contributed by atoms with Gasteiger partial charge in [0.15, 0.2) is 0 Å². The summed E-state index contributed by atoms with van der Waals surface area (Å²) < 4.78 is 26.1. The first kappa shape index (κ1) is 18.3. The quantitative estimate of drug-likeness (QED) is 0.848. The fraction of sp³-hybridized carbons (Fsp3) is 0.353. The molecule has 1 aromatic heterocycles. The van der Waals surface area contributed by atoms with Gasteiger partial charge in [0, 0.05) is 36.6 Å². The first-order valence-corrected chi connectivity index (χ1v) is 9.83. The van der Waals surface area contributed by atoms with Crippen molar-refractivity contribution in [3.8, 4) is 0 Å². The molecule has 8 nitrogen and oxygen atoms in total. The minimum atomic E-state index is -3.56. The van der Waals surface area contributed by atoms with Gasteiger partial charge in [0.1, 0.15) is 6.33 Å². The number of amides is 2. The number of carbonyl (C=O) groups is 1. The van der Waals surface area contributed by atoms with Crippen LogP contribution in [-0.4, -0.2) is 49.5 Å². The predicted octanol–water partition coefficient (Wildman–Crippen LogP) is 1.80. The molecule has 1 saturated heterocycles. The first-order chi connectivity index (χ1) is 12.5. The van der Waals surface area contributed by atoms with Crippen LogP contribution in [-0.2, 0) is 10.0 Å². The van der Waals surface area contributed by atoms with Crippen molar-refractivity contribution in [3.63, 3.8) is 0 Å². The van der Waals surface area contributed by atoms with E-state index in [9.17, 15) is 13.2 Å². The average molecular weight is 375 g/mol. The van der Waals surface area contributed by atoms with E-state index in [2.05, 4.69) is 20.0 Å². The van der Waals surface area contributed by atoms with Crippen LogP contribution in [0.1, 0.15) is 24.5 Å². The van der Waals surface area contributed by atoms with Crippen molar-refractivity contribution in [2.45, 2.75) is 23.7 Å². The van der Waals surface area contributed by atoms with Crippen LogP contribution < -0.4 is 10.0 Å². The highest BCUT2D eigenvalue weighted by Crippen LogP contribution is 2.25. The molecule has 0 radical (unpaired) electrons. The summed E-state index contributed by atoms with van der Waals surface area (Å²) >= 11 is 0. The summed E-state index contributed by atoms with van der Waals surface area (Å²) in [6.45, 7) is 1.22. The third-order valence-corrected chi connectivity index (χ3v) is 5.81. The van der Waals surface area contributed by atoms with Crippen LogP contribution in [0.15, 0.2) is 47.8 Å². The molecule has 26 heavy (non-hydrogen) atoms. The van der Waals surface area contributed by atoms with Crippen LogP contribution in [0.3, 0.4) is 0 Å². The van der Waals surface area contributed by atoms with Crippen LogP contribution in [0, 0.1) is 0 Å². The van der Waals surface area contributed by atoms with Gasteiger partial charge in [-0.25, -0.2) is 27.9 Å². The van der Waals surface area contributed by atoms with Gasteiger partial charge in [-0.2, -0.15) is 0 Å². The number of aromatic nitrogens is 2. The van der Waals surface area contributed by atoms with Crippen LogP contribution in [0.25, 0.3) is 0 Å². The van der Waals surface area contributed by atoms with Crippen LogP contribution in [0.2, 0.25) is 0 Å². The first-order valence-electron chi connectivity index (χ1n) is 8.35. The Morgan fingerprint density at radius 2 is 2.15 bits per heavy atom. The predicted molar refractivity (Wildman–Crippen MR) is 97.3 cm³/mol. The zero-order chi connectivity index (χ0) is 18.6. The third-order valence-electron chi connectivity index (χ3n) is 4.40. The highest BCUT2D eigenvalue weighted by atomic mass is 32.2. The minimum absolute atomic E-state index is 0.107. The van der Waals surface area contributed by atoms with E-state index in [1.165, 1.54) is 25.5 Å². The maximum Gasteiger partial charge on any atom is 0.321 e. The standard InChI is InChI=1S/C17H21N5O3S/c1-18-26(24,25)15-6-2-5-14(10-15)21-17(23)22-9-3-4-13(11-22)16-7-8-19-12-20-16/h2,5-8,10,12-13,18H,3-4,9,11H2,1H3,(H,21,23)/t13-/m1/s1. The maximum absolute atomic E-state index is 12.6. The van der Waals surface area contributed by atoms with Gasteiger partial charge in [0.25, 0.3) is 0 Å². The van der Waals surface area contributed by atoms with Gasteiger partial charge in [-0.05, 0) is 44.2 Å². The highest BCUT2D eigenvalue weighted by Gasteiger charge is 2.25. The summed E-state index contributed by atoms with van der Waals surface area (Å²) in [4.78, 5) is 22.6. The number of carbonyl (C=O) groups excluding carboxylic acids is 1. The molecular weight excluding hydrogens is 354 g/mol. The number of urea groups is 1. The Morgan fingerprint density at radius 1 is 1.31 bits per heavy atom. The molecule has 2 aromatic rings. The van der Waals surface area contributed by atoms with Gasteiger partial charge in [-0.1, -0.05) is 6.07 Å². The average Bonchev–Trinajstić information content (AvgIpc) is 2.69. The van der Waals surface area contributed by atoms with Crippen molar-refractivity contribution >= 4 is 21.7 Å². The Balaban J connectivity index is 1.69. The number of hydrogen-bond donors (Lipinski definition) is 2. The summed E-state index contributed by atoms with van der Waals surface area (Å²) in [6.07, 6.45) is 5.07. The molecule has 1 aliphatic heterocycles. The van der Waals surface area contributed by atoms with E-state index in [1.54, 1.807) is 23.2 Å². The smallest absolute Gasteiger partial charge is 0.321 e. The zero-order valence-electron chi connectivity index (χ0n) is 14.4. The van der Waals surface area contributed by atoms with Gasteiger partial charge in [-0.3, -0.25) is 0 Å². The third kappa shape index (κ3) is 4.17. The van der Waals surface area contributed by atoms with Gasteiger partial charge in [0.2, 0.25) is 10.0 Å². The Kier molecular flexibility index (Phi) is 5.48. The Labute approximate surface area is 152 Å². The minimum Gasteiger partial charge on any atom is -0.324 e. The number of rotatable bonds is 4. The lowest BCUT2D eigenvalue weighted by molar-refractivity contribution is 0.192. The lowest BCUT2D eigenvalue weighted by Gasteiger charge is -2.32. The Bertz CT molecular complexity index is 873. The second-order valence-electron chi connectivity index (χ2n) is 6.08. The van der Waals surface area contributed by atoms with E-state index in [0.717, 1.165) is 18.5 Å². The molecule has 2 N–H and O–H groups in total. The zero-order valence-corrected chi connectivity index (χ0v) is 15.2. The largest absolute Gasteiger partial charge is 0.324 e. The van der Waals surface area contributed by atoms with Crippen LogP contribution >= 0.6 is 0 Å². The molecule has 2 heterocycles. The fourth-order valence-electron chi connectivity index (χ4n) is 3.01. The van der Waals surface area contributed by atoms with Crippen LogP contribution in [0.5, 0.6) is 0 Å². The van der Waals surface area contributed by atoms with Crippen molar-refractivity contribution in [1.82, 2.24) is 19.6 Å². The number of piperidine rings is 1. The van der Waals surface area contributed by atoms with Gasteiger partial charge in [0.05, 0.1) is 4.90 Å². The maximum atomic E-state index is 12.6. The van der Waals surface area contributed by atoms with Crippen molar-refractivity contribution in [2.75, 3.05) is 25.5 Å². The molecule has 0 aliphatic carbocycles. The highest BCUT2D eigenvalue weighted by molar-refractivity contribution is 7.89. The van der Waals surface area contributed by atoms with E-state index in [1.807, 2.05) is 6.07 Å². The van der Waals surface area contributed by atoms with Gasteiger partial charge < -0.3 is 10.2 Å². The van der Waals surface area contributed by atoms with E-state index in [4.69, 9.17) is 0 Å². The normalized spacial score (nSPS) is 17.7. The molecule has 0 saturated carbocycles. The number of sulfonamides is 1. The topological polar surface area (TPSA) is 104 Å². The summed E-state index contributed by atoms with van der Waals surface area (Å²) in [5.74, 6) is 0.175. The van der Waals surface area contributed by atoms with Gasteiger partial charge >= 0.3 is 6.03 Å². The SMILES string of the molecule is CNS(=O)(=O)c1cccc(NC(=O)N2CCC[C@@H](c3ccncn3)C2)c1. The summed E-state index contributed by atoms with van der Waals surface area (Å²) in [5.41, 5.74) is 1.37. The summed E-state index contributed by atoms with van der Waals surface area (Å²) in [6, 6.07) is 7.81. The summed E-state index contributed by atoms with van der Waals surface area (Å²) in [5, 5.41) is 2.78. The van der Waals surface area contributed by atoms with Gasteiger partial charge in [-0.15, -0.1) is 0 Å². The molecule has 0 bridgehead atoms. The molecule has 0 unspecified atom stereocenters. The monoisotopic (exact) mass is 375 g/mol. The van der Waals surface area contributed by atoms with Crippen molar-refractivity contribution in [3.05, 3.63) is 48.5 Å². The van der Waals surface area contributed by atoms with E-state index in [-0.39, 0.29) is 16.8 Å².